The number of benzene rings is 2. The van der Waals surface area contributed by atoms with E-state index in [-0.39, 0.29) is 62.7 Å². The Labute approximate surface area is 227 Å². The molecule has 0 aliphatic heterocycles. The van der Waals surface area contributed by atoms with E-state index in [9.17, 15) is 4.79 Å². The van der Waals surface area contributed by atoms with Gasteiger partial charge in [-0.3, -0.25) is 9.20 Å². The maximum atomic E-state index is 12.2. The smallest absolute Gasteiger partial charge is 0.470 e. The zero-order valence-electron chi connectivity index (χ0n) is 17.8. The SMILES string of the molecule is CC(C)(C)c1c[c-]no1.O=C(Nc1cc[c-]cc1)c1cn2c(n1)sc1ccccc12.[K+]. The largest absolute Gasteiger partial charge is 1.00 e. The van der Waals surface area contributed by atoms with Crippen LogP contribution in [0.2, 0.25) is 0 Å². The summed E-state index contributed by atoms with van der Waals surface area (Å²) >= 11 is 1.57. The molecule has 5 aromatic rings. The van der Waals surface area contributed by atoms with Crippen LogP contribution in [0.1, 0.15) is 37.0 Å². The van der Waals surface area contributed by atoms with Gasteiger partial charge in [0.2, 0.25) is 0 Å². The first-order chi connectivity index (χ1) is 14.4. The van der Waals surface area contributed by atoms with Crippen LogP contribution in [0.15, 0.2) is 65.3 Å². The van der Waals surface area contributed by atoms with Gasteiger partial charge in [0.15, 0.2) is 4.96 Å². The second kappa shape index (κ2) is 10.2. The molecule has 0 atom stereocenters. The van der Waals surface area contributed by atoms with Crippen molar-refractivity contribution in [2.24, 2.45) is 0 Å². The van der Waals surface area contributed by atoms with Crippen LogP contribution < -0.4 is 56.7 Å². The summed E-state index contributed by atoms with van der Waals surface area (Å²) in [4.78, 5) is 17.5. The molecule has 1 N–H and O–H groups in total. The minimum atomic E-state index is -0.207. The summed E-state index contributed by atoms with van der Waals surface area (Å²) < 4.78 is 8.00. The van der Waals surface area contributed by atoms with Crippen molar-refractivity contribution >= 4 is 38.1 Å². The van der Waals surface area contributed by atoms with Gasteiger partial charge in [0.1, 0.15) is 5.69 Å². The molecule has 31 heavy (non-hydrogen) atoms. The summed E-state index contributed by atoms with van der Waals surface area (Å²) in [5.74, 6) is 0.670. The Hall–Kier alpha value is -1.81. The first-order valence-electron chi connectivity index (χ1n) is 9.39. The Morgan fingerprint density at radius 2 is 1.90 bits per heavy atom. The molecule has 6 nitrogen and oxygen atoms in total. The second-order valence-corrected chi connectivity index (χ2v) is 8.67. The van der Waals surface area contributed by atoms with Gasteiger partial charge in [-0.25, -0.2) is 10.1 Å². The second-order valence-electron chi connectivity index (χ2n) is 7.66. The topological polar surface area (TPSA) is 72.4 Å². The number of nitrogens with one attached hydrogen (secondary N) is 1. The summed E-state index contributed by atoms with van der Waals surface area (Å²) in [6, 6.07) is 19.8. The molecule has 0 aliphatic carbocycles. The van der Waals surface area contributed by atoms with Crippen LogP contribution in [0.4, 0.5) is 5.69 Å². The van der Waals surface area contributed by atoms with E-state index in [0.29, 0.717) is 5.69 Å². The Morgan fingerprint density at radius 3 is 2.55 bits per heavy atom. The molecular weight excluding hydrogens is 435 g/mol. The fourth-order valence-corrected chi connectivity index (χ4v) is 3.77. The molecule has 0 radical (unpaired) electrons. The number of carbonyl (C=O) groups excluding carboxylic acids is 1. The first kappa shape index (κ1) is 23.8. The minimum absolute atomic E-state index is 0. The molecule has 8 heteroatoms. The van der Waals surface area contributed by atoms with E-state index in [0.717, 1.165) is 26.6 Å². The van der Waals surface area contributed by atoms with Gasteiger partial charge in [-0.1, -0.05) is 49.9 Å². The fourth-order valence-electron chi connectivity index (χ4n) is 2.76. The molecular formula is C23H20KN4O2S-. The Balaban J connectivity index is 0.000000232. The monoisotopic (exact) mass is 455 g/mol. The number of para-hydroxylation sites is 1. The van der Waals surface area contributed by atoms with E-state index in [1.165, 1.54) is 0 Å². The van der Waals surface area contributed by atoms with Crippen LogP contribution >= 0.6 is 11.3 Å². The van der Waals surface area contributed by atoms with E-state index in [2.05, 4.69) is 54.6 Å². The Bertz CT molecular complexity index is 1270. The van der Waals surface area contributed by atoms with E-state index in [1.54, 1.807) is 47.9 Å². The van der Waals surface area contributed by atoms with Gasteiger partial charge in [0.05, 0.1) is 10.2 Å². The number of nitrogens with zero attached hydrogens (tertiary/aromatic N) is 3. The van der Waals surface area contributed by atoms with Crippen LogP contribution in [0.3, 0.4) is 0 Å². The van der Waals surface area contributed by atoms with Crippen molar-refractivity contribution in [3.63, 3.8) is 0 Å². The quantitative estimate of drug-likeness (QED) is 0.328. The van der Waals surface area contributed by atoms with Crippen LogP contribution in [-0.2, 0) is 5.41 Å². The van der Waals surface area contributed by atoms with E-state index < -0.39 is 0 Å². The number of aromatic nitrogens is 3. The van der Waals surface area contributed by atoms with Gasteiger partial charge in [-0.15, -0.1) is 18.3 Å². The average molecular weight is 456 g/mol. The molecule has 1 amide bonds. The predicted octanol–water partition coefficient (Wildman–Crippen LogP) is 2.38. The number of hydrogen-bond acceptors (Lipinski definition) is 5. The zero-order valence-corrected chi connectivity index (χ0v) is 21.8. The molecule has 0 fully saturated rings. The number of carbonyl (C=O) groups is 1. The van der Waals surface area contributed by atoms with Crippen molar-refractivity contribution in [2.75, 3.05) is 5.32 Å². The van der Waals surface area contributed by atoms with Crippen molar-refractivity contribution in [2.45, 2.75) is 26.2 Å². The number of rotatable bonds is 2. The van der Waals surface area contributed by atoms with Crippen LogP contribution in [-0.4, -0.2) is 20.4 Å². The van der Waals surface area contributed by atoms with Gasteiger partial charge >= 0.3 is 51.4 Å². The van der Waals surface area contributed by atoms with Crippen molar-refractivity contribution < 1.29 is 60.7 Å². The predicted molar refractivity (Wildman–Crippen MR) is 118 cm³/mol. The van der Waals surface area contributed by atoms with Gasteiger partial charge in [-0.2, -0.15) is 24.3 Å². The molecule has 0 saturated carbocycles. The Morgan fingerprint density at radius 1 is 1.16 bits per heavy atom. The van der Waals surface area contributed by atoms with E-state index in [1.807, 2.05) is 22.6 Å². The zero-order chi connectivity index (χ0) is 21.1. The third-order valence-corrected chi connectivity index (χ3v) is 5.38. The summed E-state index contributed by atoms with van der Waals surface area (Å²) in [7, 11) is 0. The number of imidazole rings is 1. The van der Waals surface area contributed by atoms with Gasteiger partial charge in [-0.05, 0) is 23.3 Å². The molecule has 0 bridgehead atoms. The Kier molecular flexibility index (Phi) is 7.85. The molecule has 0 aliphatic rings. The standard InChI is InChI=1S/C16H10N3OS.C7H10NO.K/c20-15(17-11-6-2-1-3-7-11)12-10-19-13-8-4-5-9-14(13)21-16(19)18-12;1-7(2,3)6-4-5-8-9-6;/h2-10H,(H,17,20);4H,1-3H3;/q2*-1;+1. The van der Waals surface area contributed by atoms with Crippen LogP contribution in [0, 0.1) is 12.3 Å². The maximum Gasteiger partial charge on any atom is 1.00 e. The van der Waals surface area contributed by atoms with Gasteiger partial charge in [0, 0.05) is 6.20 Å². The van der Waals surface area contributed by atoms with Crippen molar-refractivity contribution in [3.8, 4) is 0 Å². The van der Waals surface area contributed by atoms with E-state index >= 15 is 0 Å². The normalized spacial score (nSPS) is 10.9. The summed E-state index contributed by atoms with van der Waals surface area (Å²) in [5.41, 5.74) is 2.28. The fraction of sp³-hybridized carbons (Fsp3) is 0.174. The average Bonchev–Trinajstić information content (AvgIpc) is 3.45. The minimum Gasteiger partial charge on any atom is -0.470 e. The van der Waals surface area contributed by atoms with Crippen LogP contribution in [0.25, 0.3) is 15.2 Å². The summed E-state index contributed by atoms with van der Waals surface area (Å²) in [6.07, 6.45) is 4.40. The number of thiazole rings is 1. The number of anilines is 1. The molecule has 3 aromatic heterocycles. The summed E-state index contributed by atoms with van der Waals surface area (Å²) in [5, 5.41) is 6.32. The summed E-state index contributed by atoms with van der Waals surface area (Å²) in [6.45, 7) is 6.21. The third-order valence-electron chi connectivity index (χ3n) is 4.34. The number of amides is 1. The third kappa shape index (κ3) is 5.71. The van der Waals surface area contributed by atoms with Crippen LogP contribution in [0.5, 0.6) is 0 Å². The van der Waals surface area contributed by atoms with Gasteiger partial charge in [0.25, 0.3) is 5.91 Å². The maximum absolute atomic E-state index is 12.2. The van der Waals surface area contributed by atoms with E-state index in [4.69, 9.17) is 4.52 Å². The number of hydrogen-bond donors (Lipinski definition) is 1. The molecule has 0 spiro atoms. The molecule has 152 valence electrons. The molecule has 3 heterocycles. The van der Waals surface area contributed by atoms with Crippen molar-refractivity contribution in [1.82, 2.24) is 14.5 Å². The van der Waals surface area contributed by atoms with Crippen molar-refractivity contribution in [3.05, 3.63) is 84.5 Å². The number of fused-ring (bicyclic) bond motifs is 3. The molecule has 5 rings (SSSR count). The molecule has 2 aromatic carbocycles. The van der Waals surface area contributed by atoms with Gasteiger partial charge < -0.3 is 9.84 Å². The molecule has 0 unspecified atom stereocenters. The molecule has 0 saturated heterocycles. The first-order valence-corrected chi connectivity index (χ1v) is 10.2. The van der Waals surface area contributed by atoms with Crippen molar-refractivity contribution in [1.29, 1.82) is 0 Å².